The molecule has 3 saturated heterocycles. The highest BCUT2D eigenvalue weighted by Crippen LogP contribution is 2.47. The number of hydrogen-bond acceptors (Lipinski definition) is 10. The summed E-state index contributed by atoms with van der Waals surface area (Å²) in [4.78, 5) is 34.9. The predicted molar refractivity (Wildman–Crippen MR) is 186 cm³/mol. The minimum absolute atomic E-state index is 0.00317. The van der Waals surface area contributed by atoms with Gasteiger partial charge in [0.2, 0.25) is 0 Å². The van der Waals surface area contributed by atoms with Crippen molar-refractivity contribution in [3.63, 3.8) is 0 Å². The van der Waals surface area contributed by atoms with Crippen LogP contribution in [0.1, 0.15) is 67.1 Å². The molecule has 4 fully saturated rings. The van der Waals surface area contributed by atoms with E-state index in [2.05, 4.69) is 62.5 Å². The van der Waals surface area contributed by atoms with E-state index < -0.39 is 5.91 Å². The predicted octanol–water partition coefficient (Wildman–Crippen LogP) is 4.59. The molecule has 7 rings (SSSR count). The van der Waals surface area contributed by atoms with Gasteiger partial charge < -0.3 is 30.9 Å². The number of benzene rings is 1. The average molecular weight is 640 g/mol. The number of aryl methyl sites for hydroxylation is 2. The van der Waals surface area contributed by atoms with Gasteiger partial charge in [-0.25, -0.2) is 9.97 Å². The third-order valence-electron chi connectivity index (χ3n) is 10.6. The summed E-state index contributed by atoms with van der Waals surface area (Å²) in [5.74, 6) is 0.297. The van der Waals surface area contributed by atoms with Gasteiger partial charge in [-0.2, -0.15) is 0 Å². The molecule has 2 aromatic heterocycles. The number of hydrogen-bond donors (Lipinski definition) is 3. The van der Waals surface area contributed by atoms with Crippen LogP contribution in [0, 0.1) is 6.92 Å². The third kappa shape index (κ3) is 6.93. The van der Waals surface area contributed by atoms with Crippen molar-refractivity contribution in [3.8, 4) is 11.4 Å². The highest BCUT2D eigenvalue weighted by Gasteiger charge is 2.48. The lowest BCUT2D eigenvalue weighted by Crippen LogP contribution is -2.52. The largest absolute Gasteiger partial charge is 0.375 e. The van der Waals surface area contributed by atoms with Crippen LogP contribution >= 0.6 is 0 Å². The molecule has 1 amide bonds. The summed E-state index contributed by atoms with van der Waals surface area (Å²) >= 11 is 0. The zero-order valence-electron chi connectivity index (χ0n) is 28.1. The summed E-state index contributed by atoms with van der Waals surface area (Å²) in [6.07, 6.45) is 9.00. The van der Waals surface area contributed by atoms with Crippen LogP contribution < -0.4 is 21.3 Å². The molecule has 11 nitrogen and oxygen atoms in total. The van der Waals surface area contributed by atoms with Crippen molar-refractivity contribution in [1.82, 2.24) is 24.8 Å². The molecule has 11 heteroatoms. The van der Waals surface area contributed by atoms with Crippen LogP contribution in [0.3, 0.4) is 0 Å². The first-order valence-corrected chi connectivity index (χ1v) is 17.4. The Hall–Kier alpha value is -3.80. The molecule has 0 bridgehead atoms. The lowest BCUT2D eigenvalue weighted by molar-refractivity contribution is -0.00884. The third-order valence-corrected chi connectivity index (χ3v) is 10.6. The molecule has 1 saturated carbocycles. The van der Waals surface area contributed by atoms with Gasteiger partial charge in [0.25, 0.3) is 5.91 Å². The molecule has 1 atom stereocenters. The van der Waals surface area contributed by atoms with Gasteiger partial charge in [0, 0.05) is 75.5 Å². The Balaban J connectivity index is 1.14. The Bertz CT molecular complexity index is 1590. The van der Waals surface area contributed by atoms with E-state index in [1.54, 1.807) is 6.20 Å². The van der Waals surface area contributed by atoms with Crippen molar-refractivity contribution in [2.24, 2.45) is 5.73 Å². The summed E-state index contributed by atoms with van der Waals surface area (Å²) in [6, 6.07) is 11.2. The van der Waals surface area contributed by atoms with Crippen LogP contribution in [0.4, 0.5) is 23.0 Å². The van der Waals surface area contributed by atoms with Crippen molar-refractivity contribution in [2.75, 3.05) is 68.5 Å². The molecule has 1 unspecified atom stereocenters. The second kappa shape index (κ2) is 13.4. The van der Waals surface area contributed by atoms with Crippen LogP contribution in [0.15, 0.2) is 36.5 Å². The fourth-order valence-corrected chi connectivity index (χ4v) is 7.58. The van der Waals surface area contributed by atoms with Gasteiger partial charge in [0.1, 0.15) is 5.69 Å². The highest BCUT2D eigenvalue weighted by atomic mass is 16.5. The number of nitrogens with zero attached hydrogens (tertiary/aromatic N) is 6. The van der Waals surface area contributed by atoms with Crippen molar-refractivity contribution >= 4 is 28.9 Å². The number of nitrogens with one attached hydrogen (secondary N) is 2. The number of piperazine rings is 1. The number of amides is 1. The molecule has 3 aliphatic heterocycles. The molecule has 0 radical (unpaired) electrons. The van der Waals surface area contributed by atoms with Crippen LogP contribution in [0.2, 0.25) is 0 Å². The molecule has 47 heavy (non-hydrogen) atoms. The smallest absolute Gasteiger partial charge is 0.271 e. The lowest BCUT2D eigenvalue weighted by Gasteiger charge is -2.43. The summed E-state index contributed by atoms with van der Waals surface area (Å²) < 4.78 is 6.07. The SMILES string of the molecule is CCc1cc(Nc2nc(NC3CCOC4(CC4)C3)c(-c3ncccc3C)nc2C(N)=O)ccc1N1CCC(N2CCN(C)CC2)CC1. The van der Waals surface area contributed by atoms with Crippen molar-refractivity contribution in [2.45, 2.75) is 76.5 Å². The first kappa shape index (κ1) is 31.8. The molecule has 4 N–H and O–H groups in total. The van der Waals surface area contributed by atoms with Gasteiger partial charge in [0.15, 0.2) is 17.3 Å². The second-order valence-corrected chi connectivity index (χ2v) is 13.9. The van der Waals surface area contributed by atoms with E-state index in [-0.39, 0.29) is 17.3 Å². The van der Waals surface area contributed by atoms with Crippen molar-refractivity contribution in [1.29, 1.82) is 0 Å². The number of anilines is 4. The van der Waals surface area contributed by atoms with Gasteiger partial charge in [-0.1, -0.05) is 13.0 Å². The number of rotatable bonds is 9. The normalized spacial score (nSPS) is 21.9. The first-order chi connectivity index (χ1) is 22.8. The van der Waals surface area contributed by atoms with Crippen LogP contribution in [0.5, 0.6) is 0 Å². The molecule has 5 heterocycles. The number of piperidine rings is 1. The van der Waals surface area contributed by atoms with Gasteiger partial charge in [-0.3, -0.25) is 14.7 Å². The van der Waals surface area contributed by atoms with Gasteiger partial charge in [-0.15, -0.1) is 0 Å². The fraction of sp³-hybridized carbons (Fsp3) is 0.556. The Morgan fingerprint density at radius 2 is 1.81 bits per heavy atom. The number of nitrogens with two attached hydrogens (primary N) is 1. The number of carbonyl (C=O) groups is 1. The molecule has 250 valence electrons. The molecule has 1 aromatic carbocycles. The average Bonchev–Trinajstić information content (AvgIpc) is 3.83. The Labute approximate surface area is 278 Å². The second-order valence-electron chi connectivity index (χ2n) is 13.9. The molecular weight excluding hydrogens is 590 g/mol. The molecule has 4 aliphatic rings. The van der Waals surface area contributed by atoms with E-state index >= 15 is 0 Å². The van der Waals surface area contributed by atoms with Crippen molar-refractivity contribution in [3.05, 3.63) is 53.3 Å². The van der Waals surface area contributed by atoms with E-state index in [1.165, 1.54) is 37.2 Å². The first-order valence-electron chi connectivity index (χ1n) is 17.4. The fourth-order valence-electron chi connectivity index (χ4n) is 7.58. The van der Waals surface area contributed by atoms with E-state index in [1.807, 2.05) is 19.1 Å². The minimum atomic E-state index is -0.639. The Morgan fingerprint density at radius 1 is 1.02 bits per heavy atom. The number of likely N-dealkylation sites (N-methyl/N-ethyl adjacent to an activating group) is 1. The van der Waals surface area contributed by atoms with Crippen molar-refractivity contribution < 1.29 is 9.53 Å². The standard InChI is InChI=1S/C36H49N9O2/c1-4-25-22-26(7-8-29(25)45-15-9-28(10-16-45)44-19-17-43(3)18-20-44)39-35-32(33(37)46)41-31(30-24(2)6-5-14-38-30)34(42-35)40-27-11-21-47-36(23-27)12-13-36/h5-8,14,22,27-28H,4,9-13,15-21,23H2,1-3H3,(H2,37,46)(H2,39,40,42). The highest BCUT2D eigenvalue weighted by molar-refractivity contribution is 5.97. The zero-order valence-corrected chi connectivity index (χ0v) is 28.1. The Morgan fingerprint density at radius 3 is 2.51 bits per heavy atom. The van der Waals surface area contributed by atoms with Gasteiger partial charge >= 0.3 is 0 Å². The topological polar surface area (TPSA) is 125 Å². The van der Waals surface area contributed by atoms with Crippen LogP contribution in [-0.2, 0) is 11.2 Å². The molecule has 3 aromatic rings. The Kier molecular flexibility index (Phi) is 9.04. The number of ether oxygens (including phenoxy) is 1. The molecule has 1 aliphatic carbocycles. The van der Waals surface area contributed by atoms with Gasteiger partial charge in [0.05, 0.1) is 11.3 Å². The van der Waals surface area contributed by atoms with E-state index in [0.29, 0.717) is 35.7 Å². The lowest BCUT2D eigenvalue weighted by atomic mass is 10.00. The summed E-state index contributed by atoms with van der Waals surface area (Å²) in [5.41, 5.74) is 11.6. The quantitative estimate of drug-likeness (QED) is 0.306. The monoisotopic (exact) mass is 639 g/mol. The van der Waals surface area contributed by atoms with Gasteiger partial charge in [-0.05, 0) is 94.3 Å². The number of aromatic nitrogens is 3. The summed E-state index contributed by atoms with van der Waals surface area (Å²) in [5, 5.41) is 7.09. The van der Waals surface area contributed by atoms with Crippen LogP contribution in [-0.4, -0.2) is 101 Å². The maximum absolute atomic E-state index is 12.8. The van der Waals surface area contributed by atoms with E-state index in [9.17, 15) is 4.79 Å². The zero-order chi connectivity index (χ0) is 32.5. The molecular formula is C36H49N9O2. The number of primary amides is 1. The van der Waals surface area contributed by atoms with E-state index in [4.69, 9.17) is 20.4 Å². The maximum Gasteiger partial charge on any atom is 0.271 e. The number of carbonyl (C=O) groups excluding carboxylic acids is 1. The minimum Gasteiger partial charge on any atom is -0.375 e. The maximum atomic E-state index is 12.8. The number of pyridine rings is 1. The van der Waals surface area contributed by atoms with E-state index in [0.717, 1.165) is 69.5 Å². The summed E-state index contributed by atoms with van der Waals surface area (Å²) in [6.45, 7) is 11.7. The molecule has 1 spiro atoms. The summed E-state index contributed by atoms with van der Waals surface area (Å²) in [7, 11) is 2.22. The van der Waals surface area contributed by atoms with Crippen LogP contribution in [0.25, 0.3) is 11.4 Å².